The van der Waals surface area contributed by atoms with Crippen molar-refractivity contribution in [3.63, 3.8) is 0 Å². The van der Waals surface area contributed by atoms with E-state index < -0.39 is 0 Å². The molecule has 15 heavy (non-hydrogen) atoms. The number of thiol groups is 1. The highest BCUT2D eigenvalue weighted by Crippen LogP contribution is 2.00. The summed E-state index contributed by atoms with van der Waals surface area (Å²) >= 11 is 4.08. The Morgan fingerprint density at radius 1 is 1.13 bits per heavy atom. The Bertz CT molecular complexity index is 260. The third-order valence-corrected chi connectivity index (χ3v) is 1.73. The summed E-state index contributed by atoms with van der Waals surface area (Å²) in [5.74, 6) is 0. The van der Waals surface area contributed by atoms with Crippen molar-refractivity contribution in [3.05, 3.63) is 54.6 Å². The van der Waals surface area contributed by atoms with Crippen molar-refractivity contribution in [2.45, 2.75) is 32.6 Å². The summed E-state index contributed by atoms with van der Waals surface area (Å²) in [6.07, 6.45) is 9.36. The minimum absolute atomic E-state index is 0. The fourth-order valence-electron chi connectivity index (χ4n) is 0.754. The maximum atomic E-state index is 4.08. The lowest BCUT2D eigenvalue weighted by molar-refractivity contribution is 1.22. The van der Waals surface area contributed by atoms with Gasteiger partial charge in [0.25, 0.3) is 0 Å². The minimum Gasteiger partial charge on any atom is -0.143 e. The molecule has 0 N–H and O–H groups in total. The Labute approximate surface area is 100 Å². The van der Waals surface area contributed by atoms with E-state index in [1.807, 2.05) is 49.4 Å². The molecule has 0 amide bonds. The zero-order chi connectivity index (χ0) is 10.6. The normalized spacial score (nSPS) is 9.53. The number of rotatable bonds is 2. The zero-order valence-electron chi connectivity index (χ0n) is 8.85. The standard InChI is InChI=1S/C7H12.C6H6S.CH4/c1-3-5-7-6-4-2;7-6-4-2-1-3-5-6;/h3,5-7H,4H2,1-2H3;1-5,7H;1H4/b5-3-,7-6-;;. The quantitative estimate of drug-likeness (QED) is 0.520. The van der Waals surface area contributed by atoms with Crippen LogP contribution in [0.4, 0.5) is 0 Å². The van der Waals surface area contributed by atoms with Gasteiger partial charge < -0.3 is 0 Å². The molecule has 0 bridgehead atoms. The van der Waals surface area contributed by atoms with Crippen LogP contribution in [-0.4, -0.2) is 0 Å². The van der Waals surface area contributed by atoms with E-state index >= 15 is 0 Å². The van der Waals surface area contributed by atoms with Crippen LogP contribution in [-0.2, 0) is 0 Å². The first kappa shape index (κ1) is 16.5. The highest BCUT2D eigenvalue weighted by molar-refractivity contribution is 7.80. The van der Waals surface area contributed by atoms with Crippen LogP contribution in [0.5, 0.6) is 0 Å². The van der Waals surface area contributed by atoms with Gasteiger partial charge in [-0.2, -0.15) is 0 Å². The molecule has 1 rings (SSSR count). The van der Waals surface area contributed by atoms with E-state index in [9.17, 15) is 0 Å². The van der Waals surface area contributed by atoms with Gasteiger partial charge in [0.2, 0.25) is 0 Å². The van der Waals surface area contributed by atoms with Crippen molar-refractivity contribution in [3.8, 4) is 0 Å². The van der Waals surface area contributed by atoms with Crippen molar-refractivity contribution < 1.29 is 0 Å². The average Bonchev–Trinajstić information content (AvgIpc) is 2.21. The first-order chi connectivity index (χ1) is 6.81. The summed E-state index contributed by atoms with van der Waals surface area (Å²) < 4.78 is 0. The van der Waals surface area contributed by atoms with Gasteiger partial charge in [-0.1, -0.05) is 56.9 Å². The summed E-state index contributed by atoms with van der Waals surface area (Å²) in [6.45, 7) is 4.14. The minimum atomic E-state index is 0. The Hall–Kier alpha value is -0.950. The summed E-state index contributed by atoms with van der Waals surface area (Å²) in [7, 11) is 0. The SMILES string of the molecule is C.C/C=C\C=C/CC.Sc1ccccc1. The van der Waals surface area contributed by atoms with E-state index in [4.69, 9.17) is 0 Å². The van der Waals surface area contributed by atoms with E-state index in [-0.39, 0.29) is 7.43 Å². The molecule has 0 unspecified atom stereocenters. The van der Waals surface area contributed by atoms with Crippen LogP contribution in [0.1, 0.15) is 27.7 Å². The monoisotopic (exact) mass is 222 g/mol. The van der Waals surface area contributed by atoms with Gasteiger partial charge in [-0.05, 0) is 25.5 Å². The lowest BCUT2D eigenvalue weighted by Gasteiger charge is -1.81. The van der Waals surface area contributed by atoms with Crippen LogP contribution in [0.15, 0.2) is 59.5 Å². The molecule has 0 aromatic heterocycles. The van der Waals surface area contributed by atoms with Gasteiger partial charge in [-0.25, -0.2) is 0 Å². The van der Waals surface area contributed by atoms with Crippen LogP contribution in [0.2, 0.25) is 0 Å². The molecule has 1 aromatic carbocycles. The van der Waals surface area contributed by atoms with Gasteiger partial charge in [-0.3, -0.25) is 0 Å². The lowest BCUT2D eigenvalue weighted by Crippen LogP contribution is -1.56. The Morgan fingerprint density at radius 3 is 2.07 bits per heavy atom. The van der Waals surface area contributed by atoms with Crippen molar-refractivity contribution >= 4 is 12.6 Å². The molecule has 0 fully saturated rings. The Balaban J connectivity index is 0. The molecule has 0 aliphatic carbocycles. The molecule has 0 atom stereocenters. The van der Waals surface area contributed by atoms with E-state index in [0.29, 0.717) is 0 Å². The number of allylic oxidation sites excluding steroid dienone is 4. The van der Waals surface area contributed by atoms with Crippen LogP contribution >= 0.6 is 12.6 Å². The summed E-state index contributed by atoms with van der Waals surface area (Å²) in [5, 5.41) is 0. The highest BCUT2D eigenvalue weighted by Gasteiger charge is 1.73. The molecule has 0 heterocycles. The van der Waals surface area contributed by atoms with E-state index in [0.717, 1.165) is 11.3 Å². The van der Waals surface area contributed by atoms with Gasteiger partial charge in [-0.15, -0.1) is 12.6 Å². The predicted octanol–water partition coefficient (Wildman–Crippen LogP) is 5.14. The molecule has 0 radical (unpaired) electrons. The largest absolute Gasteiger partial charge is 0.143 e. The van der Waals surface area contributed by atoms with E-state index in [1.165, 1.54) is 0 Å². The number of hydrogen-bond acceptors (Lipinski definition) is 1. The molecular formula is C14H22S. The van der Waals surface area contributed by atoms with Crippen molar-refractivity contribution in [1.29, 1.82) is 0 Å². The molecule has 0 aliphatic heterocycles. The fraction of sp³-hybridized carbons (Fsp3) is 0.286. The first-order valence-corrected chi connectivity index (χ1v) is 5.27. The first-order valence-electron chi connectivity index (χ1n) is 4.83. The molecule has 1 aromatic rings. The Morgan fingerprint density at radius 2 is 1.73 bits per heavy atom. The molecule has 0 spiro atoms. The van der Waals surface area contributed by atoms with E-state index in [1.54, 1.807) is 0 Å². The molecule has 0 saturated heterocycles. The topological polar surface area (TPSA) is 0 Å². The molecule has 0 aliphatic rings. The van der Waals surface area contributed by atoms with Crippen LogP contribution in [0, 0.1) is 0 Å². The van der Waals surface area contributed by atoms with Crippen LogP contribution in [0.25, 0.3) is 0 Å². The van der Waals surface area contributed by atoms with Gasteiger partial charge in [0.15, 0.2) is 0 Å². The maximum absolute atomic E-state index is 4.08. The Kier molecular flexibility index (Phi) is 14.3. The van der Waals surface area contributed by atoms with Gasteiger partial charge in [0.1, 0.15) is 0 Å². The third-order valence-electron chi connectivity index (χ3n) is 1.43. The second-order valence-electron chi connectivity index (χ2n) is 2.70. The molecule has 1 heteroatoms. The summed E-state index contributed by atoms with van der Waals surface area (Å²) in [6, 6.07) is 9.79. The molecule has 0 nitrogen and oxygen atoms in total. The molecule has 84 valence electrons. The van der Waals surface area contributed by atoms with Crippen molar-refractivity contribution in [2.24, 2.45) is 0 Å². The molecular weight excluding hydrogens is 200 g/mol. The fourth-order valence-corrected chi connectivity index (χ4v) is 0.926. The second-order valence-corrected chi connectivity index (χ2v) is 3.21. The maximum Gasteiger partial charge on any atom is 0.00399 e. The second kappa shape index (κ2) is 13.1. The smallest absolute Gasteiger partial charge is 0.00399 e. The predicted molar refractivity (Wildman–Crippen MR) is 74.7 cm³/mol. The number of hydrogen-bond donors (Lipinski definition) is 1. The molecule has 0 saturated carbocycles. The third kappa shape index (κ3) is 13.1. The zero-order valence-corrected chi connectivity index (χ0v) is 9.74. The summed E-state index contributed by atoms with van der Waals surface area (Å²) in [4.78, 5) is 1.02. The van der Waals surface area contributed by atoms with Gasteiger partial charge in [0.05, 0.1) is 0 Å². The summed E-state index contributed by atoms with van der Waals surface area (Å²) in [5.41, 5.74) is 0. The van der Waals surface area contributed by atoms with Crippen LogP contribution in [0.3, 0.4) is 0 Å². The van der Waals surface area contributed by atoms with Crippen LogP contribution < -0.4 is 0 Å². The highest BCUT2D eigenvalue weighted by atomic mass is 32.1. The van der Waals surface area contributed by atoms with Gasteiger partial charge in [0, 0.05) is 4.90 Å². The van der Waals surface area contributed by atoms with E-state index in [2.05, 4.69) is 31.7 Å². The lowest BCUT2D eigenvalue weighted by atomic mass is 10.4. The average molecular weight is 222 g/mol. The number of benzene rings is 1. The van der Waals surface area contributed by atoms with Gasteiger partial charge >= 0.3 is 0 Å². The van der Waals surface area contributed by atoms with Crippen molar-refractivity contribution in [2.75, 3.05) is 0 Å². The van der Waals surface area contributed by atoms with Crippen molar-refractivity contribution in [1.82, 2.24) is 0 Å².